The SMILES string of the molecule is CC#CCn1c(N2CCC[C@@H](C)C2)nc2c1c(=O)n(Cc1nc3cc(F)ccc3s1)c(=O)n2C. The first-order valence-electron chi connectivity index (χ1n) is 11.3. The van der Waals surface area contributed by atoms with E-state index >= 15 is 0 Å². The number of thiazole rings is 1. The van der Waals surface area contributed by atoms with Gasteiger partial charge in [-0.15, -0.1) is 17.3 Å². The summed E-state index contributed by atoms with van der Waals surface area (Å²) in [5, 5.41) is 0.559. The second-order valence-electron chi connectivity index (χ2n) is 8.74. The first-order chi connectivity index (χ1) is 16.4. The van der Waals surface area contributed by atoms with E-state index in [9.17, 15) is 14.0 Å². The highest BCUT2D eigenvalue weighted by Crippen LogP contribution is 2.26. The van der Waals surface area contributed by atoms with Crippen molar-refractivity contribution in [2.75, 3.05) is 18.0 Å². The highest BCUT2D eigenvalue weighted by atomic mass is 32.1. The molecule has 0 amide bonds. The Kier molecular flexibility index (Phi) is 5.73. The minimum atomic E-state index is -0.465. The van der Waals surface area contributed by atoms with Gasteiger partial charge in [-0.3, -0.25) is 18.5 Å². The zero-order valence-electron chi connectivity index (χ0n) is 19.3. The average Bonchev–Trinajstić information content (AvgIpc) is 3.40. The summed E-state index contributed by atoms with van der Waals surface area (Å²) in [5.74, 6) is 6.76. The van der Waals surface area contributed by atoms with E-state index in [-0.39, 0.29) is 12.4 Å². The fourth-order valence-corrected chi connectivity index (χ4v) is 5.51. The van der Waals surface area contributed by atoms with Gasteiger partial charge in [-0.25, -0.2) is 14.2 Å². The van der Waals surface area contributed by atoms with Gasteiger partial charge in [-0.2, -0.15) is 4.98 Å². The molecule has 176 valence electrons. The summed E-state index contributed by atoms with van der Waals surface area (Å²) in [6, 6.07) is 4.38. The van der Waals surface area contributed by atoms with Crippen molar-refractivity contribution in [1.82, 2.24) is 23.7 Å². The summed E-state index contributed by atoms with van der Waals surface area (Å²) in [5.41, 5.74) is 0.322. The predicted molar refractivity (Wildman–Crippen MR) is 132 cm³/mol. The Morgan fingerprint density at radius 1 is 1.24 bits per heavy atom. The first-order valence-corrected chi connectivity index (χ1v) is 12.1. The minimum absolute atomic E-state index is 0.00311. The van der Waals surface area contributed by atoms with Crippen LogP contribution < -0.4 is 16.1 Å². The van der Waals surface area contributed by atoms with E-state index in [0.717, 1.165) is 30.6 Å². The summed E-state index contributed by atoms with van der Waals surface area (Å²) in [6.45, 7) is 5.96. The van der Waals surface area contributed by atoms with Crippen LogP contribution in [0.2, 0.25) is 0 Å². The van der Waals surface area contributed by atoms with Crippen LogP contribution in [0.5, 0.6) is 0 Å². The lowest BCUT2D eigenvalue weighted by atomic mass is 10.0. The zero-order chi connectivity index (χ0) is 24.0. The van der Waals surface area contributed by atoms with Crippen LogP contribution in [0, 0.1) is 23.6 Å². The van der Waals surface area contributed by atoms with Gasteiger partial charge in [-0.1, -0.05) is 12.8 Å². The van der Waals surface area contributed by atoms with E-state index in [1.165, 1.54) is 32.6 Å². The summed E-state index contributed by atoms with van der Waals surface area (Å²) in [6.07, 6.45) is 2.20. The fraction of sp³-hybridized carbons (Fsp3) is 0.417. The number of fused-ring (bicyclic) bond motifs is 2. The molecule has 0 saturated carbocycles. The number of imidazole rings is 1. The van der Waals surface area contributed by atoms with Crippen molar-refractivity contribution < 1.29 is 4.39 Å². The average molecular weight is 481 g/mol. The number of piperidine rings is 1. The molecule has 0 spiro atoms. The summed E-state index contributed by atoms with van der Waals surface area (Å²) in [7, 11) is 1.62. The van der Waals surface area contributed by atoms with E-state index in [4.69, 9.17) is 4.98 Å². The van der Waals surface area contributed by atoms with Crippen molar-refractivity contribution in [3.8, 4) is 11.8 Å². The molecule has 4 heterocycles. The van der Waals surface area contributed by atoms with Crippen molar-refractivity contribution in [2.45, 2.75) is 39.8 Å². The van der Waals surface area contributed by atoms with Crippen LogP contribution in [0.15, 0.2) is 27.8 Å². The van der Waals surface area contributed by atoms with Crippen molar-refractivity contribution in [1.29, 1.82) is 0 Å². The van der Waals surface area contributed by atoms with Crippen LogP contribution in [0.25, 0.3) is 21.4 Å². The topological polar surface area (TPSA) is 78.0 Å². The Bertz CT molecular complexity index is 1580. The summed E-state index contributed by atoms with van der Waals surface area (Å²) < 4.78 is 18.8. The third kappa shape index (κ3) is 3.80. The monoisotopic (exact) mass is 480 g/mol. The molecule has 1 aliphatic heterocycles. The third-order valence-electron chi connectivity index (χ3n) is 6.25. The van der Waals surface area contributed by atoms with E-state index < -0.39 is 11.2 Å². The van der Waals surface area contributed by atoms with Crippen molar-refractivity contribution in [3.63, 3.8) is 0 Å². The lowest BCUT2D eigenvalue weighted by molar-refractivity contribution is 0.439. The van der Waals surface area contributed by atoms with Gasteiger partial charge in [0, 0.05) is 26.2 Å². The molecule has 1 saturated heterocycles. The van der Waals surface area contributed by atoms with E-state index in [2.05, 4.69) is 28.6 Å². The van der Waals surface area contributed by atoms with E-state index in [0.29, 0.717) is 40.1 Å². The molecule has 10 heteroatoms. The maximum Gasteiger partial charge on any atom is 0.332 e. The lowest BCUT2D eigenvalue weighted by Crippen LogP contribution is -2.40. The fourth-order valence-electron chi connectivity index (χ4n) is 4.57. The van der Waals surface area contributed by atoms with Crippen LogP contribution >= 0.6 is 11.3 Å². The largest absolute Gasteiger partial charge is 0.342 e. The molecule has 0 bridgehead atoms. The number of aromatic nitrogens is 5. The number of nitrogens with zero attached hydrogens (tertiary/aromatic N) is 6. The minimum Gasteiger partial charge on any atom is -0.342 e. The van der Waals surface area contributed by atoms with E-state index in [1.807, 2.05) is 4.57 Å². The molecule has 0 N–H and O–H groups in total. The Balaban J connectivity index is 1.67. The maximum absolute atomic E-state index is 13.7. The van der Waals surface area contributed by atoms with Crippen molar-refractivity contribution in [2.24, 2.45) is 13.0 Å². The molecule has 34 heavy (non-hydrogen) atoms. The number of rotatable bonds is 4. The third-order valence-corrected chi connectivity index (χ3v) is 7.27. The highest BCUT2D eigenvalue weighted by Gasteiger charge is 2.26. The molecule has 1 fully saturated rings. The smallest absolute Gasteiger partial charge is 0.332 e. The molecular weight excluding hydrogens is 455 g/mol. The van der Waals surface area contributed by atoms with Gasteiger partial charge in [0.15, 0.2) is 11.2 Å². The second kappa shape index (κ2) is 8.72. The Morgan fingerprint density at radius 2 is 2.06 bits per heavy atom. The van der Waals surface area contributed by atoms with Crippen molar-refractivity contribution >= 4 is 38.7 Å². The van der Waals surface area contributed by atoms with Gasteiger partial charge >= 0.3 is 5.69 Å². The molecule has 1 atom stereocenters. The van der Waals surface area contributed by atoms with Gasteiger partial charge < -0.3 is 4.90 Å². The summed E-state index contributed by atoms with van der Waals surface area (Å²) >= 11 is 1.34. The van der Waals surface area contributed by atoms with Gasteiger partial charge in [0.1, 0.15) is 10.8 Å². The predicted octanol–water partition coefficient (Wildman–Crippen LogP) is 2.95. The molecule has 8 nitrogen and oxygen atoms in total. The Morgan fingerprint density at radius 3 is 2.82 bits per heavy atom. The van der Waals surface area contributed by atoms with Gasteiger partial charge in [-0.05, 0) is 37.8 Å². The van der Waals surface area contributed by atoms with Crippen LogP contribution in [-0.2, 0) is 20.1 Å². The first kappa shape index (κ1) is 22.3. The molecule has 1 aromatic carbocycles. The molecule has 0 aliphatic carbocycles. The van der Waals surface area contributed by atoms with Crippen LogP contribution in [-0.4, -0.2) is 36.8 Å². The molecule has 4 aromatic rings. The number of anilines is 1. The van der Waals surface area contributed by atoms with Gasteiger partial charge in [0.05, 0.1) is 23.3 Å². The van der Waals surface area contributed by atoms with E-state index in [1.54, 1.807) is 20.0 Å². The molecule has 0 unspecified atom stereocenters. The Hall–Kier alpha value is -3.45. The lowest BCUT2D eigenvalue weighted by Gasteiger charge is -2.31. The summed E-state index contributed by atoms with van der Waals surface area (Å²) in [4.78, 5) is 38.2. The maximum atomic E-state index is 13.7. The number of hydrogen-bond acceptors (Lipinski definition) is 6. The standard InChI is InChI=1S/C24H25FN6O2S/c1-4-5-11-30-20-21(27-23(30)29-10-6-7-15(2)13-29)28(3)24(33)31(22(20)32)14-19-26-17-12-16(25)8-9-18(17)34-19/h8-9,12,15H,6-7,10-11,13-14H2,1-3H3/t15-/m1/s1. The van der Waals surface area contributed by atoms with Crippen LogP contribution in [0.3, 0.4) is 0 Å². The molecule has 5 rings (SSSR count). The Labute approximate surface area is 199 Å². The van der Waals surface area contributed by atoms with Crippen molar-refractivity contribution in [3.05, 3.63) is 49.9 Å². The number of aryl methyl sites for hydroxylation is 1. The quantitative estimate of drug-likeness (QED) is 0.420. The molecule has 0 radical (unpaired) electrons. The molecule has 3 aromatic heterocycles. The number of halogens is 1. The highest BCUT2D eigenvalue weighted by molar-refractivity contribution is 7.18. The second-order valence-corrected chi connectivity index (χ2v) is 9.86. The number of benzene rings is 1. The van der Waals surface area contributed by atoms with Crippen LogP contribution in [0.1, 0.15) is 31.7 Å². The molecule has 1 aliphatic rings. The van der Waals surface area contributed by atoms with Crippen LogP contribution in [0.4, 0.5) is 10.3 Å². The zero-order valence-corrected chi connectivity index (χ0v) is 20.2. The van der Waals surface area contributed by atoms with Gasteiger partial charge in [0.2, 0.25) is 5.95 Å². The molecular formula is C24H25FN6O2S. The normalized spacial score (nSPS) is 16.2. The number of hydrogen-bond donors (Lipinski definition) is 0. The van der Waals surface area contributed by atoms with Gasteiger partial charge in [0.25, 0.3) is 5.56 Å².